The minimum absolute atomic E-state index is 0.139. The summed E-state index contributed by atoms with van der Waals surface area (Å²) in [4.78, 5) is 11.4. The summed E-state index contributed by atoms with van der Waals surface area (Å²) in [5.41, 5.74) is 0. The maximum absolute atomic E-state index is 11.4. The van der Waals surface area contributed by atoms with Gasteiger partial charge in [-0.2, -0.15) is 0 Å². The molecule has 2 aromatic rings. The Balaban J connectivity index is 2.33. The molecule has 86 valence electrons. The van der Waals surface area contributed by atoms with Crippen molar-refractivity contribution in [2.45, 2.75) is 33.2 Å². The Labute approximate surface area is 95.9 Å². The Kier molecular flexibility index (Phi) is 2.86. The van der Waals surface area contributed by atoms with Crippen LogP contribution in [0.4, 0.5) is 0 Å². The molecule has 0 aliphatic heterocycles. The fourth-order valence-corrected chi connectivity index (χ4v) is 2.08. The Morgan fingerprint density at radius 2 is 2.19 bits per heavy atom. The van der Waals surface area contributed by atoms with Crippen molar-refractivity contribution in [1.82, 2.24) is 19.9 Å². The van der Waals surface area contributed by atoms with Gasteiger partial charge in [0.15, 0.2) is 5.82 Å². The van der Waals surface area contributed by atoms with Crippen LogP contribution in [0.5, 0.6) is 0 Å². The van der Waals surface area contributed by atoms with E-state index in [0.717, 1.165) is 10.0 Å². The molecule has 0 fully saturated rings. The summed E-state index contributed by atoms with van der Waals surface area (Å²) >= 11 is 1.46. The van der Waals surface area contributed by atoms with E-state index in [1.807, 2.05) is 20.8 Å². The van der Waals surface area contributed by atoms with Gasteiger partial charge in [-0.1, -0.05) is 30.3 Å². The first-order valence-electron chi connectivity index (χ1n) is 4.93. The molecule has 0 aliphatic carbocycles. The molecule has 0 N–H and O–H groups in total. The van der Waals surface area contributed by atoms with E-state index in [-0.39, 0.29) is 5.92 Å². The van der Waals surface area contributed by atoms with Gasteiger partial charge in [0.25, 0.3) is 0 Å². The standard InChI is InChI=1S/C9H12N4O2S/c1-5(2)8-12-15-9(14)13(8)4-7-11-10-6(3)16-7/h5H,4H2,1-3H3. The lowest BCUT2D eigenvalue weighted by molar-refractivity contribution is 0.373. The van der Waals surface area contributed by atoms with Gasteiger partial charge in [-0.05, 0) is 6.92 Å². The Bertz CT molecular complexity index is 540. The highest BCUT2D eigenvalue weighted by atomic mass is 32.1. The molecule has 0 spiro atoms. The summed E-state index contributed by atoms with van der Waals surface area (Å²) in [6.45, 7) is 6.17. The zero-order valence-electron chi connectivity index (χ0n) is 9.30. The van der Waals surface area contributed by atoms with Crippen molar-refractivity contribution in [3.63, 3.8) is 0 Å². The largest absolute Gasteiger partial charge is 0.442 e. The second-order valence-electron chi connectivity index (χ2n) is 3.76. The highest BCUT2D eigenvalue weighted by Crippen LogP contribution is 2.13. The van der Waals surface area contributed by atoms with E-state index in [0.29, 0.717) is 12.4 Å². The van der Waals surface area contributed by atoms with Crippen molar-refractivity contribution in [1.29, 1.82) is 0 Å². The lowest BCUT2D eigenvalue weighted by atomic mass is 10.2. The van der Waals surface area contributed by atoms with Crippen LogP contribution in [0.1, 0.15) is 35.6 Å². The lowest BCUT2D eigenvalue weighted by Crippen LogP contribution is -2.18. The smallest absolute Gasteiger partial charge is 0.296 e. The van der Waals surface area contributed by atoms with Crippen LogP contribution in [0.3, 0.4) is 0 Å². The van der Waals surface area contributed by atoms with E-state index in [4.69, 9.17) is 0 Å². The van der Waals surface area contributed by atoms with E-state index in [1.165, 1.54) is 15.9 Å². The van der Waals surface area contributed by atoms with Gasteiger partial charge in [-0.25, -0.2) is 4.79 Å². The summed E-state index contributed by atoms with van der Waals surface area (Å²) in [5, 5.41) is 13.3. The average molecular weight is 240 g/mol. The van der Waals surface area contributed by atoms with Gasteiger partial charge in [0.05, 0.1) is 6.54 Å². The highest BCUT2D eigenvalue weighted by molar-refractivity contribution is 7.11. The summed E-state index contributed by atoms with van der Waals surface area (Å²) in [5.74, 6) is 0.329. The van der Waals surface area contributed by atoms with Crippen LogP contribution < -0.4 is 5.76 Å². The summed E-state index contributed by atoms with van der Waals surface area (Å²) in [7, 11) is 0. The van der Waals surface area contributed by atoms with Crippen LogP contribution in [-0.4, -0.2) is 19.9 Å². The first-order valence-corrected chi connectivity index (χ1v) is 5.75. The lowest BCUT2D eigenvalue weighted by Gasteiger charge is -2.03. The first-order chi connectivity index (χ1) is 7.58. The van der Waals surface area contributed by atoms with Crippen molar-refractivity contribution in [2.75, 3.05) is 0 Å². The third-order valence-corrected chi connectivity index (χ3v) is 2.92. The fourth-order valence-electron chi connectivity index (χ4n) is 1.38. The molecule has 2 rings (SSSR count). The zero-order valence-corrected chi connectivity index (χ0v) is 10.1. The average Bonchev–Trinajstić information content (AvgIpc) is 2.76. The van der Waals surface area contributed by atoms with Crippen molar-refractivity contribution in [3.05, 3.63) is 26.4 Å². The van der Waals surface area contributed by atoms with Gasteiger partial charge >= 0.3 is 5.76 Å². The topological polar surface area (TPSA) is 73.8 Å². The molecule has 7 heteroatoms. The van der Waals surface area contributed by atoms with Crippen LogP contribution in [0.15, 0.2) is 9.32 Å². The minimum atomic E-state index is -0.448. The van der Waals surface area contributed by atoms with E-state index in [9.17, 15) is 4.79 Å². The van der Waals surface area contributed by atoms with Gasteiger partial charge in [0, 0.05) is 5.92 Å². The molecule has 0 aliphatic rings. The van der Waals surface area contributed by atoms with E-state index in [2.05, 4.69) is 19.9 Å². The Morgan fingerprint density at radius 1 is 1.44 bits per heavy atom. The molecular formula is C9H12N4O2S. The minimum Gasteiger partial charge on any atom is -0.296 e. The van der Waals surface area contributed by atoms with E-state index >= 15 is 0 Å². The van der Waals surface area contributed by atoms with Gasteiger partial charge in [-0.3, -0.25) is 9.09 Å². The zero-order chi connectivity index (χ0) is 11.7. The predicted molar refractivity (Wildman–Crippen MR) is 58.6 cm³/mol. The number of nitrogens with zero attached hydrogens (tertiary/aromatic N) is 4. The molecule has 0 amide bonds. The number of hydrogen-bond donors (Lipinski definition) is 0. The second-order valence-corrected chi connectivity index (χ2v) is 5.03. The summed E-state index contributed by atoms with van der Waals surface area (Å²) in [6, 6.07) is 0. The summed E-state index contributed by atoms with van der Waals surface area (Å²) in [6.07, 6.45) is 0. The molecule has 0 atom stereocenters. The second kappa shape index (κ2) is 4.17. The van der Waals surface area contributed by atoms with Gasteiger partial charge in [-0.15, -0.1) is 10.2 Å². The van der Waals surface area contributed by atoms with Crippen LogP contribution in [0, 0.1) is 6.92 Å². The molecule has 0 aromatic carbocycles. The molecular weight excluding hydrogens is 228 g/mol. The monoisotopic (exact) mass is 240 g/mol. The van der Waals surface area contributed by atoms with Crippen LogP contribution >= 0.6 is 11.3 Å². The third kappa shape index (κ3) is 2.04. The molecule has 0 saturated heterocycles. The molecule has 0 unspecified atom stereocenters. The number of aromatic nitrogens is 4. The predicted octanol–water partition coefficient (Wildman–Crippen LogP) is 1.17. The van der Waals surface area contributed by atoms with Gasteiger partial charge in [0.1, 0.15) is 10.0 Å². The third-order valence-electron chi connectivity index (χ3n) is 2.09. The quantitative estimate of drug-likeness (QED) is 0.805. The molecule has 2 aromatic heterocycles. The molecule has 0 radical (unpaired) electrons. The normalized spacial score (nSPS) is 11.2. The maximum Gasteiger partial charge on any atom is 0.442 e. The van der Waals surface area contributed by atoms with Gasteiger partial charge < -0.3 is 0 Å². The van der Waals surface area contributed by atoms with E-state index < -0.39 is 5.76 Å². The van der Waals surface area contributed by atoms with Crippen LogP contribution in [-0.2, 0) is 6.54 Å². The van der Waals surface area contributed by atoms with Gasteiger partial charge in [0.2, 0.25) is 0 Å². The Hall–Kier alpha value is -1.50. The summed E-state index contributed by atoms with van der Waals surface area (Å²) < 4.78 is 6.14. The van der Waals surface area contributed by atoms with Crippen LogP contribution in [0.2, 0.25) is 0 Å². The highest BCUT2D eigenvalue weighted by Gasteiger charge is 2.15. The fraction of sp³-hybridized carbons (Fsp3) is 0.556. The van der Waals surface area contributed by atoms with E-state index in [1.54, 1.807) is 0 Å². The first kappa shape index (κ1) is 11.0. The SMILES string of the molecule is Cc1nnc(Cn2c(C(C)C)noc2=O)s1. The molecule has 0 saturated carbocycles. The number of hydrogen-bond acceptors (Lipinski definition) is 6. The number of rotatable bonds is 3. The number of aryl methyl sites for hydroxylation is 1. The van der Waals surface area contributed by atoms with Crippen molar-refractivity contribution < 1.29 is 4.52 Å². The molecule has 6 nitrogen and oxygen atoms in total. The van der Waals surface area contributed by atoms with Crippen molar-refractivity contribution in [2.24, 2.45) is 0 Å². The van der Waals surface area contributed by atoms with Crippen molar-refractivity contribution in [3.8, 4) is 0 Å². The molecule has 0 bridgehead atoms. The maximum atomic E-state index is 11.4. The Morgan fingerprint density at radius 3 is 2.75 bits per heavy atom. The van der Waals surface area contributed by atoms with Crippen molar-refractivity contribution >= 4 is 11.3 Å². The van der Waals surface area contributed by atoms with Crippen LogP contribution in [0.25, 0.3) is 0 Å². The molecule has 2 heterocycles. The molecule has 16 heavy (non-hydrogen) atoms.